The van der Waals surface area contributed by atoms with Gasteiger partial charge in [-0.05, 0) is 67.1 Å². The summed E-state index contributed by atoms with van der Waals surface area (Å²) in [6.07, 6.45) is 5.95. The van der Waals surface area contributed by atoms with Crippen molar-refractivity contribution in [1.29, 1.82) is 0 Å². The van der Waals surface area contributed by atoms with Crippen molar-refractivity contribution in [3.05, 3.63) is 57.3 Å². The summed E-state index contributed by atoms with van der Waals surface area (Å²) in [7, 11) is 0. The number of halogens is 1. The van der Waals surface area contributed by atoms with Gasteiger partial charge in [0.25, 0.3) is 0 Å². The molecule has 0 bridgehead atoms. The molecule has 2 aromatic rings. The van der Waals surface area contributed by atoms with Crippen LogP contribution in [0.3, 0.4) is 0 Å². The highest BCUT2D eigenvalue weighted by Crippen LogP contribution is 2.40. The minimum atomic E-state index is -0.809. The van der Waals surface area contributed by atoms with E-state index in [-0.39, 0.29) is 18.8 Å². The molecule has 0 saturated carbocycles. The first kappa shape index (κ1) is 19.9. The van der Waals surface area contributed by atoms with Crippen molar-refractivity contribution >= 4 is 35.3 Å². The summed E-state index contributed by atoms with van der Waals surface area (Å²) >= 11 is 1.73. The number of carboxylic acids is 1. The topological polar surface area (TPSA) is 49.8 Å². The fourth-order valence-corrected chi connectivity index (χ4v) is 4.73. The molecule has 1 N–H and O–H groups in total. The predicted molar refractivity (Wildman–Crippen MR) is 111 cm³/mol. The molecular weight excluding hydrogens is 382 g/mol. The van der Waals surface area contributed by atoms with E-state index in [1.165, 1.54) is 41.9 Å². The summed E-state index contributed by atoms with van der Waals surface area (Å²) in [6.45, 7) is 4.05. The van der Waals surface area contributed by atoms with Gasteiger partial charge in [-0.25, -0.2) is 0 Å². The lowest BCUT2D eigenvalue weighted by Gasteiger charge is -2.14. The Balaban J connectivity index is 0.00000210. The van der Waals surface area contributed by atoms with Gasteiger partial charge in [0.2, 0.25) is 0 Å². The first-order chi connectivity index (χ1) is 12.7. The van der Waals surface area contributed by atoms with Crippen LogP contribution in [0.1, 0.15) is 40.8 Å². The molecule has 1 aromatic carbocycles. The Kier molecular flexibility index (Phi) is 6.58. The minimum Gasteiger partial charge on any atom is -0.488 e. The van der Waals surface area contributed by atoms with Gasteiger partial charge in [0, 0.05) is 22.5 Å². The van der Waals surface area contributed by atoms with E-state index in [1.54, 1.807) is 11.3 Å². The van der Waals surface area contributed by atoms with Gasteiger partial charge in [0.15, 0.2) is 0 Å². The van der Waals surface area contributed by atoms with Crippen molar-refractivity contribution in [2.45, 2.75) is 32.3 Å². The Morgan fingerprint density at radius 3 is 2.85 bits per heavy atom. The average molecular weight is 406 g/mol. The number of hydrogen-bond donors (Lipinski definition) is 1. The lowest BCUT2D eigenvalue weighted by atomic mass is 9.97. The summed E-state index contributed by atoms with van der Waals surface area (Å²) < 4.78 is 6.01. The predicted octanol–water partition coefficient (Wildman–Crippen LogP) is 4.61. The maximum Gasteiger partial charge on any atom is 0.307 e. The number of hydrogen-bond acceptors (Lipinski definition) is 4. The van der Waals surface area contributed by atoms with Crippen LogP contribution in [0.4, 0.5) is 0 Å². The van der Waals surface area contributed by atoms with Crippen molar-refractivity contribution in [3.8, 4) is 5.75 Å². The molecule has 27 heavy (non-hydrogen) atoms. The van der Waals surface area contributed by atoms with E-state index in [1.807, 2.05) is 18.2 Å². The summed E-state index contributed by atoms with van der Waals surface area (Å²) in [4.78, 5) is 14.9. The zero-order valence-corrected chi connectivity index (χ0v) is 16.8. The second kappa shape index (κ2) is 8.91. The number of likely N-dealkylation sites (tertiary alicyclic amines) is 1. The monoisotopic (exact) mass is 405 g/mol. The molecule has 144 valence electrons. The zero-order chi connectivity index (χ0) is 17.9. The van der Waals surface area contributed by atoms with Crippen LogP contribution in [0.2, 0.25) is 0 Å². The van der Waals surface area contributed by atoms with Gasteiger partial charge in [-0.2, -0.15) is 0 Å². The average Bonchev–Trinajstić information content (AvgIpc) is 3.27. The van der Waals surface area contributed by atoms with Crippen LogP contribution in [0, 0.1) is 0 Å². The van der Waals surface area contributed by atoms with E-state index in [4.69, 9.17) is 9.84 Å². The minimum absolute atomic E-state index is 0. The molecule has 0 radical (unpaired) electrons. The lowest BCUT2D eigenvalue weighted by molar-refractivity contribution is -0.136. The standard InChI is InChI=1S/C21H23NO3S.ClH/c23-20(24)13-15-5-6-19-18(12-15)17(4-3-10-22-8-1-2-9-22)21-16(14-25-19)7-11-26-21;/h4-7,11-12H,1-3,8-10,13-14H2,(H,23,24);1H. The molecule has 2 aliphatic rings. The molecule has 2 aliphatic heterocycles. The van der Waals surface area contributed by atoms with E-state index < -0.39 is 5.97 Å². The highest BCUT2D eigenvalue weighted by molar-refractivity contribution is 7.11. The number of aliphatic carboxylic acids is 1. The largest absolute Gasteiger partial charge is 0.488 e. The third kappa shape index (κ3) is 4.54. The van der Waals surface area contributed by atoms with Crippen LogP contribution in [0.15, 0.2) is 35.7 Å². The SMILES string of the molecule is Cl.O=C(O)Cc1ccc2c(c1)C(=CCCN1CCCC1)c1sccc1CO2. The first-order valence-electron chi connectivity index (χ1n) is 9.18. The van der Waals surface area contributed by atoms with Crippen molar-refractivity contribution in [2.24, 2.45) is 0 Å². The molecule has 4 nitrogen and oxygen atoms in total. The molecular formula is C21H24ClNO3S. The van der Waals surface area contributed by atoms with Crippen LogP contribution < -0.4 is 4.74 Å². The molecule has 0 amide bonds. The third-order valence-electron chi connectivity index (χ3n) is 5.06. The van der Waals surface area contributed by atoms with Gasteiger partial charge in [-0.15, -0.1) is 23.7 Å². The van der Waals surface area contributed by atoms with Gasteiger partial charge in [-0.3, -0.25) is 4.79 Å². The fourth-order valence-electron chi connectivity index (χ4n) is 3.76. The number of carboxylic acid groups (broad SMARTS) is 1. The third-order valence-corrected chi connectivity index (χ3v) is 6.05. The Morgan fingerprint density at radius 2 is 2.07 bits per heavy atom. The molecule has 6 heteroatoms. The first-order valence-corrected chi connectivity index (χ1v) is 10.1. The lowest BCUT2D eigenvalue weighted by Crippen LogP contribution is -2.19. The molecule has 0 spiro atoms. The second-order valence-corrected chi connectivity index (χ2v) is 7.84. The van der Waals surface area contributed by atoms with Crippen LogP contribution >= 0.6 is 23.7 Å². The molecule has 0 aliphatic carbocycles. The molecule has 1 fully saturated rings. The number of ether oxygens (including phenoxy) is 1. The van der Waals surface area contributed by atoms with Crippen LogP contribution in [0.25, 0.3) is 5.57 Å². The second-order valence-electron chi connectivity index (χ2n) is 6.92. The number of carbonyl (C=O) groups is 1. The maximum absolute atomic E-state index is 11.1. The normalized spacial score (nSPS) is 17.6. The number of nitrogens with zero attached hydrogens (tertiary/aromatic N) is 1. The Morgan fingerprint density at radius 1 is 1.26 bits per heavy atom. The van der Waals surface area contributed by atoms with E-state index in [0.29, 0.717) is 6.61 Å². The van der Waals surface area contributed by atoms with Crippen molar-refractivity contribution < 1.29 is 14.6 Å². The number of benzene rings is 1. The highest BCUT2D eigenvalue weighted by Gasteiger charge is 2.21. The Hall–Kier alpha value is -1.82. The quantitative estimate of drug-likeness (QED) is 0.789. The highest BCUT2D eigenvalue weighted by atomic mass is 35.5. The number of rotatable bonds is 5. The molecule has 4 rings (SSSR count). The molecule has 1 saturated heterocycles. The molecule has 0 atom stereocenters. The van der Waals surface area contributed by atoms with Crippen LogP contribution in [0.5, 0.6) is 5.75 Å². The maximum atomic E-state index is 11.1. The van der Waals surface area contributed by atoms with Crippen molar-refractivity contribution in [2.75, 3.05) is 19.6 Å². The fraction of sp³-hybridized carbons (Fsp3) is 0.381. The van der Waals surface area contributed by atoms with Crippen LogP contribution in [-0.2, 0) is 17.8 Å². The number of thiophene rings is 1. The van der Waals surface area contributed by atoms with E-state index >= 15 is 0 Å². The van der Waals surface area contributed by atoms with Gasteiger partial charge in [0.1, 0.15) is 12.4 Å². The zero-order valence-electron chi connectivity index (χ0n) is 15.1. The summed E-state index contributed by atoms with van der Waals surface area (Å²) in [6, 6.07) is 7.88. The van der Waals surface area contributed by atoms with Crippen LogP contribution in [-0.4, -0.2) is 35.6 Å². The molecule has 3 heterocycles. The van der Waals surface area contributed by atoms with E-state index in [2.05, 4.69) is 22.4 Å². The van der Waals surface area contributed by atoms with Gasteiger partial charge >= 0.3 is 5.97 Å². The van der Waals surface area contributed by atoms with Crippen molar-refractivity contribution in [1.82, 2.24) is 4.90 Å². The Bertz CT molecular complexity index is 840. The van der Waals surface area contributed by atoms with Gasteiger partial charge in [0.05, 0.1) is 6.42 Å². The molecule has 0 unspecified atom stereocenters. The van der Waals surface area contributed by atoms with E-state index in [9.17, 15) is 4.79 Å². The van der Waals surface area contributed by atoms with Crippen molar-refractivity contribution in [3.63, 3.8) is 0 Å². The summed E-state index contributed by atoms with van der Waals surface area (Å²) in [5, 5.41) is 11.2. The molecule has 1 aromatic heterocycles. The number of fused-ring (bicyclic) bond motifs is 2. The smallest absolute Gasteiger partial charge is 0.307 e. The Labute approximate surface area is 169 Å². The van der Waals surface area contributed by atoms with Gasteiger partial charge < -0.3 is 14.7 Å². The van der Waals surface area contributed by atoms with Gasteiger partial charge in [-0.1, -0.05) is 12.1 Å². The summed E-state index contributed by atoms with van der Waals surface area (Å²) in [5.41, 5.74) is 4.23. The summed E-state index contributed by atoms with van der Waals surface area (Å²) in [5.74, 6) is 0.0332. The van der Waals surface area contributed by atoms with E-state index in [0.717, 1.165) is 29.8 Å².